The highest BCUT2D eigenvalue weighted by Gasteiger charge is 2.32. The van der Waals surface area contributed by atoms with E-state index in [9.17, 15) is 0 Å². The number of hydrogen-bond donors (Lipinski definition) is 1. The van der Waals surface area contributed by atoms with Crippen LogP contribution in [0, 0.1) is 5.92 Å². The Balaban J connectivity index is 1.63. The first-order chi connectivity index (χ1) is 12.3. The molecule has 1 N–H and O–H groups in total. The van der Waals surface area contributed by atoms with E-state index >= 15 is 0 Å². The van der Waals surface area contributed by atoms with E-state index in [2.05, 4.69) is 16.4 Å². The third-order valence-electron chi connectivity index (χ3n) is 5.49. The number of nitrogens with one attached hydrogen (secondary N) is 1. The lowest BCUT2D eigenvalue weighted by Crippen LogP contribution is -2.22. The quantitative estimate of drug-likeness (QED) is 0.805. The van der Waals surface area contributed by atoms with E-state index in [1.807, 2.05) is 12.1 Å². The summed E-state index contributed by atoms with van der Waals surface area (Å²) in [5.41, 5.74) is 1.25. The SMILES string of the molecule is Clc1ccc(OC(c2ncco2)C2CCNC2)c(C2CCCCC2)c1. The van der Waals surface area contributed by atoms with Gasteiger partial charge in [-0.05, 0) is 55.5 Å². The minimum Gasteiger partial charge on any atom is -0.480 e. The van der Waals surface area contributed by atoms with Crippen LogP contribution in [-0.4, -0.2) is 18.1 Å². The van der Waals surface area contributed by atoms with Gasteiger partial charge in [-0.1, -0.05) is 30.9 Å². The average Bonchev–Trinajstić information content (AvgIpc) is 3.35. The summed E-state index contributed by atoms with van der Waals surface area (Å²) in [7, 11) is 0. The van der Waals surface area contributed by atoms with Gasteiger partial charge in [-0.2, -0.15) is 0 Å². The molecule has 2 fully saturated rings. The molecule has 134 valence electrons. The molecule has 0 bridgehead atoms. The van der Waals surface area contributed by atoms with E-state index in [1.54, 1.807) is 12.5 Å². The van der Waals surface area contributed by atoms with Gasteiger partial charge in [-0.3, -0.25) is 0 Å². The fraction of sp³-hybridized carbons (Fsp3) is 0.550. The third-order valence-corrected chi connectivity index (χ3v) is 5.73. The molecule has 2 atom stereocenters. The van der Waals surface area contributed by atoms with Gasteiger partial charge in [0.25, 0.3) is 0 Å². The molecular weight excluding hydrogens is 336 g/mol. The molecule has 2 heterocycles. The number of benzene rings is 1. The van der Waals surface area contributed by atoms with Crippen molar-refractivity contribution in [3.05, 3.63) is 47.1 Å². The van der Waals surface area contributed by atoms with Crippen molar-refractivity contribution in [2.24, 2.45) is 5.92 Å². The van der Waals surface area contributed by atoms with Crippen LogP contribution >= 0.6 is 11.6 Å². The lowest BCUT2D eigenvalue weighted by Gasteiger charge is -2.27. The molecule has 4 rings (SSSR count). The number of hydrogen-bond acceptors (Lipinski definition) is 4. The van der Waals surface area contributed by atoms with Gasteiger partial charge >= 0.3 is 0 Å². The summed E-state index contributed by atoms with van der Waals surface area (Å²) in [4.78, 5) is 4.37. The molecule has 4 nitrogen and oxygen atoms in total. The Morgan fingerprint density at radius 2 is 2.08 bits per heavy atom. The van der Waals surface area contributed by atoms with Crippen molar-refractivity contribution in [2.75, 3.05) is 13.1 Å². The Bertz CT molecular complexity index is 677. The Morgan fingerprint density at radius 1 is 1.20 bits per heavy atom. The van der Waals surface area contributed by atoms with Gasteiger partial charge in [0.1, 0.15) is 12.0 Å². The van der Waals surface area contributed by atoms with Gasteiger partial charge in [-0.15, -0.1) is 0 Å². The lowest BCUT2D eigenvalue weighted by molar-refractivity contribution is 0.112. The summed E-state index contributed by atoms with van der Waals surface area (Å²) in [5.74, 6) is 2.51. The molecule has 1 aromatic carbocycles. The van der Waals surface area contributed by atoms with Crippen LogP contribution in [0.4, 0.5) is 0 Å². The van der Waals surface area contributed by atoms with Gasteiger partial charge in [-0.25, -0.2) is 4.98 Å². The van der Waals surface area contributed by atoms with E-state index in [4.69, 9.17) is 20.8 Å². The smallest absolute Gasteiger partial charge is 0.235 e. The van der Waals surface area contributed by atoms with Crippen LogP contribution in [0.3, 0.4) is 0 Å². The van der Waals surface area contributed by atoms with Gasteiger partial charge in [0.2, 0.25) is 5.89 Å². The van der Waals surface area contributed by atoms with Crippen LogP contribution in [-0.2, 0) is 0 Å². The minimum absolute atomic E-state index is 0.159. The maximum Gasteiger partial charge on any atom is 0.235 e. The van der Waals surface area contributed by atoms with Crippen LogP contribution in [0.15, 0.2) is 35.1 Å². The van der Waals surface area contributed by atoms with Crippen molar-refractivity contribution >= 4 is 11.6 Å². The van der Waals surface area contributed by atoms with Crippen molar-refractivity contribution in [2.45, 2.75) is 50.5 Å². The maximum absolute atomic E-state index is 6.53. The molecule has 2 aromatic rings. The van der Waals surface area contributed by atoms with E-state index < -0.39 is 0 Å². The van der Waals surface area contributed by atoms with Crippen LogP contribution in [0.5, 0.6) is 5.75 Å². The molecule has 1 aromatic heterocycles. The summed E-state index contributed by atoms with van der Waals surface area (Å²) in [5, 5.41) is 4.20. The zero-order valence-corrected chi connectivity index (χ0v) is 15.2. The van der Waals surface area contributed by atoms with Gasteiger partial charge in [0, 0.05) is 17.5 Å². The molecule has 1 saturated heterocycles. The van der Waals surface area contributed by atoms with E-state index in [1.165, 1.54) is 37.7 Å². The summed E-state index contributed by atoms with van der Waals surface area (Å²) >= 11 is 6.30. The Morgan fingerprint density at radius 3 is 2.80 bits per heavy atom. The summed E-state index contributed by atoms with van der Waals surface area (Å²) < 4.78 is 12.1. The number of oxazole rings is 1. The molecule has 5 heteroatoms. The Labute approximate surface area is 153 Å². The van der Waals surface area contributed by atoms with Crippen molar-refractivity contribution in [3.63, 3.8) is 0 Å². The van der Waals surface area contributed by atoms with Crippen LogP contribution in [0.1, 0.15) is 62.0 Å². The summed E-state index contributed by atoms with van der Waals surface area (Å²) in [6.07, 6.45) is 10.6. The van der Waals surface area contributed by atoms with Crippen LogP contribution in [0.2, 0.25) is 5.02 Å². The summed E-state index contributed by atoms with van der Waals surface area (Å²) in [6.45, 7) is 1.95. The van der Waals surface area contributed by atoms with E-state index in [-0.39, 0.29) is 6.10 Å². The zero-order valence-electron chi connectivity index (χ0n) is 14.4. The molecule has 0 amide bonds. The minimum atomic E-state index is -0.159. The lowest BCUT2D eigenvalue weighted by atomic mass is 9.83. The third kappa shape index (κ3) is 3.85. The Kier molecular flexibility index (Phi) is 5.28. The molecule has 2 unspecified atom stereocenters. The van der Waals surface area contributed by atoms with Crippen molar-refractivity contribution in [1.29, 1.82) is 0 Å². The first kappa shape index (κ1) is 16.9. The van der Waals surface area contributed by atoms with Gasteiger partial charge in [0.05, 0.1) is 6.20 Å². The number of rotatable bonds is 5. The van der Waals surface area contributed by atoms with E-state index in [0.29, 0.717) is 17.7 Å². The molecule has 0 radical (unpaired) electrons. The molecule has 1 saturated carbocycles. The van der Waals surface area contributed by atoms with Crippen LogP contribution < -0.4 is 10.1 Å². The largest absolute Gasteiger partial charge is 0.480 e. The van der Waals surface area contributed by atoms with Crippen LogP contribution in [0.25, 0.3) is 0 Å². The van der Waals surface area contributed by atoms with E-state index in [0.717, 1.165) is 30.3 Å². The van der Waals surface area contributed by atoms with Crippen molar-refractivity contribution in [1.82, 2.24) is 10.3 Å². The monoisotopic (exact) mass is 360 g/mol. The van der Waals surface area contributed by atoms with Gasteiger partial charge < -0.3 is 14.5 Å². The first-order valence-electron chi connectivity index (χ1n) is 9.37. The zero-order chi connectivity index (χ0) is 17.1. The molecule has 1 aliphatic heterocycles. The van der Waals surface area contributed by atoms with Crippen molar-refractivity contribution < 1.29 is 9.15 Å². The second kappa shape index (κ2) is 7.79. The second-order valence-corrected chi connectivity index (χ2v) is 7.62. The number of aromatic nitrogens is 1. The van der Waals surface area contributed by atoms with Gasteiger partial charge in [0.15, 0.2) is 6.10 Å². The second-order valence-electron chi connectivity index (χ2n) is 7.18. The first-order valence-corrected chi connectivity index (χ1v) is 9.75. The number of halogens is 1. The highest BCUT2D eigenvalue weighted by Crippen LogP contribution is 2.41. The molecular formula is C20H25ClN2O2. The maximum atomic E-state index is 6.53. The highest BCUT2D eigenvalue weighted by molar-refractivity contribution is 6.30. The summed E-state index contributed by atoms with van der Waals surface area (Å²) in [6, 6.07) is 6.03. The average molecular weight is 361 g/mol. The molecule has 2 aliphatic rings. The molecule has 25 heavy (non-hydrogen) atoms. The molecule has 1 aliphatic carbocycles. The predicted octanol–water partition coefficient (Wildman–Crippen LogP) is 5.11. The highest BCUT2D eigenvalue weighted by atomic mass is 35.5. The fourth-order valence-corrected chi connectivity index (χ4v) is 4.34. The Hall–Kier alpha value is -1.52. The topological polar surface area (TPSA) is 47.3 Å². The number of nitrogens with zero attached hydrogens (tertiary/aromatic N) is 1. The standard InChI is InChI=1S/C20H25ClN2O2/c21-16-6-7-18(17(12-16)14-4-2-1-3-5-14)25-19(15-8-9-22-13-15)20-23-10-11-24-20/h6-7,10-12,14-15,19,22H,1-5,8-9,13H2. The number of ether oxygens (including phenoxy) is 1. The molecule has 0 spiro atoms. The predicted molar refractivity (Wildman–Crippen MR) is 98.1 cm³/mol. The fourth-order valence-electron chi connectivity index (χ4n) is 4.15. The van der Waals surface area contributed by atoms with Crippen molar-refractivity contribution in [3.8, 4) is 5.75 Å². The normalized spacial score (nSPS) is 22.8.